The first-order valence-electron chi connectivity index (χ1n) is 10.1. The molecule has 10 heteroatoms. The number of aryl methyl sites for hydroxylation is 2. The van der Waals surface area contributed by atoms with Gasteiger partial charge in [0.15, 0.2) is 0 Å². The summed E-state index contributed by atoms with van der Waals surface area (Å²) in [6.07, 6.45) is 3.53. The summed E-state index contributed by atoms with van der Waals surface area (Å²) >= 11 is 0. The van der Waals surface area contributed by atoms with Crippen LogP contribution >= 0.6 is 0 Å². The number of anilines is 1. The highest BCUT2D eigenvalue weighted by molar-refractivity contribution is 7.90. The molecule has 0 spiro atoms. The molecule has 0 radical (unpaired) electrons. The van der Waals surface area contributed by atoms with Crippen LogP contribution in [0.15, 0.2) is 33.6 Å². The molecule has 1 N–H and O–H groups in total. The van der Waals surface area contributed by atoms with Crippen LogP contribution in [0, 0.1) is 13.8 Å². The molecule has 0 atom stereocenters. The Morgan fingerprint density at radius 2 is 1.87 bits per heavy atom. The Morgan fingerprint density at radius 1 is 1.13 bits per heavy atom. The van der Waals surface area contributed by atoms with Crippen LogP contribution in [0.5, 0.6) is 0 Å². The first kappa shape index (κ1) is 22.7. The predicted molar refractivity (Wildman–Crippen MR) is 118 cm³/mol. The second-order valence-electron chi connectivity index (χ2n) is 7.70. The number of hydrogen-bond donors (Lipinski definition) is 1. The number of rotatable bonds is 5. The molecule has 9 nitrogen and oxygen atoms in total. The third-order valence-electron chi connectivity index (χ3n) is 5.39. The fourth-order valence-electron chi connectivity index (χ4n) is 3.57. The summed E-state index contributed by atoms with van der Waals surface area (Å²) in [4.78, 5) is 26.9. The van der Waals surface area contributed by atoms with Gasteiger partial charge >= 0.3 is 0 Å². The van der Waals surface area contributed by atoms with Crippen LogP contribution in [0.3, 0.4) is 0 Å². The fourth-order valence-corrected chi connectivity index (χ4v) is 4.71. The van der Waals surface area contributed by atoms with Crippen molar-refractivity contribution in [3.63, 3.8) is 0 Å². The molecule has 1 aliphatic heterocycles. The first-order chi connectivity index (χ1) is 14.6. The fraction of sp³-hybridized carbons (Fsp3) is 0.429. The van der Waals surface area contributed by atoms with Crippen molar-refractivity contribution in [1.29, 1.82) is 0 Å². The average Bonchev–Trinajstić information content (AvgIpc) is 2.84. The SMILES string of the molecule is Cc1nn(C)c(C)c1C(=O)C(=O)Nc1cccc(S(=O)(=O)/N=C2\CCCCCN2C)c1. The second-order valence-corrected chi connectivity index (χ2v) is 9.30. The number of nitrogens with one attached hydrogen (secondary N) is 1. The molecule has 1 aliphatic rings. The number of ketones is 1. The number of sulfonamides is 1. The molecule has 0 bridgehead atoms. The Balaban J connectivity index is 1.82. The molecule has 1 aromatic heterocycles. The minimum Gasteiger partial charge on any atom is -0.362 e. The van der Waals surface area contributed by atoms with Gasteiger partial charge in [-0.25, -0.2) is 0 Å². The number of hydrogen-bond acceptors (Lipinski definition) is 5. The number of amidine groups is 1. The van der Waals surface area contributed by atoms with E-state index in [4.69, 9.17) is 0 Å². The van der Waals surface area contributed by atoms with Crippen LogP contribution in [0.1, 0.15) is 47.4 Å². The summed E-state index contributed by atoms with van der Waals surface area (Å²) < 4.78 is 31.2. The number of carbonyl (C=O) groups excluding carboxylic acids is 2. The molecule has 1 saturated heterocycles. The lowest BCUT2D eigenvalue weighted by atomic mass is 10.1. The highest BCUT2D eigenvalue weighted by Crippen LogP contribution is 2.21. The molecule has 1 amide bonds. The molecule has 31 heavy (non-hydrogen) atoms. The van der Waals surface area contributed by atoms with Gasteiger partial charge in [-0.3, -0.25) is 14.3 Å². The lowest BCUT2D eigenvalue weighted by Crippen LogP contribution is -2.27. The maximum absolute atomic E-state index is 12.8. The standard InChI is InChI=1S/C21H27N5O4S/c1-14-19(15(2)26(4)23-14)20(27)21(28)22-16-9-8-10-17(13-16)31(29,30)24-18-11-6-5-7-12-25(18)3/h8-10,13H,5-7,11-12H2,1-4H3,(H,22,28)/b24-18+. The summed E-state index contributed by atoms with van der Waals surface area (Å²) in [6, 6.07) is 5.76. The Bertz CT molecular complexity index is 1150. The monoisotopic (exact) mass is 445 g/mol. The normalized spacial score (nSPS) is 16.3. The smallest absolute Gasteiger partial charge is 0.296 e. The van der Waals surface area contributed by atoms with Crippen LogP contribution in [0.25, 0.3) is 0 Å². The Morgan fingerprint density at radius 3 is 2.55 bits per heavy atom. The zero-order valence-corrected chi connectivity index (χ0v) is 19.0. The van der Waals surface area contributed by atoms with E-state index >= 15 is 0 Å². The van der Waals surface area contributed by atoms with Crippen molar-refractivity contribution in [1.82, 2.24) is 14.7 Å². The van der Waals surface area contributed by atoms with Crippen LogP contribution in [0.4, 0.5) is 5.69 Å². The van der Waals surface area contributed by atoms with Crippen molar-refractivity contribution in [2.75, 3.05) is 18.9 Å². The topological polar surface area (TPSA) is 114 Å². The van der Waals surface area contributed by atoms with Gasteiger partial charge in [0.25, 0.3) is 21.7 Å². The average molecular weight is 446 g/mol. The predicted octanol–water partition coefficient (Wildman–Crippen LogP) is 2.45. The van der Waals surface area contributed by atoms with E-state index in [1.54, 1.807) is 20.9 Å². The summed E-state index contributed by atoms with van der Waals surface area (Å²) in [6.45, 7) is 4.13. The molecule has 0 saturated carbocycles. The number of carbonyl (C=O) groups is 2. The summed E-state index contributed by atoms with van der Waals surface area (Å²) in [5.41, 5.74) is 1.48. The summed E-state index contributed by atoms with van der Waals surface area (Å²) in [5.74, 6) is -1.05. The van der Waals surface area contributed by atoms with Gasteiger partial charge in [-0.05, 0) is 44.9 Å². The Hall–Kier alpha value is -3.01. The number of aromatic nitrogens is 2. The van der Waals surface area contributed by atoms with E-state index in [1.165, 1.54) is 28.9 Å². The van der Waals surface area contributed by atoms with Crippen LogP contribution < -0.4 is 5.32 Å². The number of nitrogens with zero attached hydrogens (tertiary/aromatic N) is 4. The van der Waals surface area contributed by atoms with Crippen molar-refractivity contribution in [3.8, 4) is 0 Å². The van der Waals surface area contributed by atoms with Gasteiger partial charge in [0.1, 0.15) is 5.84 Å². The van der Waals surface area contributed by atoms with E-state index < -0.39 is 21.7 Å². The van der Waals surface area contributed by atoms with Gasteiger partial charge in [-0.1, -0.05) is 12.5 Å². The van der Waals surface area contributed by atoms with Crippen molar-refractivity contribution in [2.45, 2.75) is 44.4 Å². The maximum Gasteiger partial charge on any atom is 0.296 e. The molecule has 2 heterocycles. The van der Waals surface area contributed by atoms with Crippen LogP contribution in [-0.2, 0) is 21.9 Å². The van der Waals surface area contributed by atoms with E-state index in [1.807, 2.05) is 11.9 Å². The molecule has 166 valence electrons. The molecule has 0 aliphatic carbocycles. The molecule has 0 unspecified atom stereocenters. The number of amides is 1. The van der Waals surface area contributed by atoms with E-state index in [0.29, 0.717) is 23.6 Å². The van der Waals surface area contributed by atoms with Crippen molar-refractivity contribution in [2.24, 2.45) is 11.4 Å². The van der Waals surface area contributed by atoms with E-state index in [2.05, 4.69) is 14.8 Å². The third kappa shape index (κ3) is 5.01. The zero-order chi connectivity index (χ0) is 22.8. The minimum atomic E-state index is -3.95. The second kappa shape index (κ2) is 9.01. The molecule has 3 rings (SSSR count). The molecule has 2 aromatic rings. The molecular weight excluding hydrogens is 418 g/mol. The summed E-state index contributed by atoms with van der Waals surface area (Å²) in [5, 5.41) is 6.64. The number of likely N-dealkylation sites (tertiary alicyclic amines) is 1. The molecule has 1 fully saturated rings. The minimum absolute atomic E-state index is 0.0448. The first-order valence-corrected chi connectivity index (χ1v) is 11.5. The van der Waals surface area contributed by atoms with Crippen LogP contribution in [0.2, 0.25) is 0 Å². The van der Waals surface area contributed by atoms with Crippen molar-refractivity contribution < 1.29 is 18.0 Å². The van der Waals surface area contributed by atoms with Gasteiger partial charge in [-0.2, -0.15) is 13.5 Å². The Labute approximate surface area is 182 Å². The molecule has 1 aromatic carbocycles. The van der Waals surface area contributed by atoms with Crippen molar-refractivity contribution in [3.05, 3.63) is 41.2 Å². The van der Waals surface area contributed by atoms with Gasteiger partial charge < -0.3 is 10.2 Å². The lowest BCUT2D eigenvalue weighted by molar-refractivity contribution is -0.112. The largest absolute Gasteiger partial charge is 0.362 e. The Kier molecular flexibility index (Phi) is 6.59. The van der Waals surface area contributed by atoms with Gasteiger partial charge in [0.05, 0.1) is 16.2 Å². The van der Waals surface area contributed by atoms with Crippen molar-refractivity contribution >= 4 is 33.2 Å². The summed E-state index contributed by atoms with van der Waals surface area (Å²) in [7, 11) is -0.422. The highest BCUT2D eigenvalue weighted by Gasteiger charge is 2.25. The van der Waals surface area contributed by atoms with E-state index in [9.17, 15) is 18.0 Å². The lowest BCUT2D eigenvalue weighted by Gasteiger charge is -2.17. The molecular formula is C21H27N5O4S. The maximum atomic E-state index is 12.8. The third-order valence-corrected chi connectivity index (χ3v) is 6.69. The van der Waals surface area contributed by atoms with E-state index in [-0.39, 0.29) is 16.1 Å². The van der Waals surface area contributed by atoms with Gasteiger partial charge in [0.2, 0.25) is 0 Å². The van der Waals surface area contributed by atoms with Crippen LogP contribution in [-0.4, -0.2) is 54.2 Å². The number of benzene rings is 1. The zero-order valence-electron chi connectivity index (χ0n) is 18.2. The van der Waals surface area contributed by atoms with E-state index in [0.717, 1.165) is 25.8 Å². The van der Waals surface area contributed by atoms with Gasteiger partial charge in [-0.15, -0.1) is 4.40 Å². The van der Waals surface area contributed by atoms with Gasteiger partial charge in [0, 0.05) is 38.4 Å². The number of Topliss-reactive ketones (excluding diaryl/α,β-unsaturated/α-hetero) is 1. The quantitative estimate of drug-likeness (QED) is 0.559. The highest BCUT2D eigenvalue weighted by atomic mass is 32.2.